The van der Waals surface area contributed by atoms with Gasteiger partial charge in [-0.15, -0.1) is 0 Å². The van der Waals surface area contributed by atoms with Gasteiger partial charge < -0.3 is 10.2 Å². The van der Waals surface area contributed by atoms with E-state index in [9.17, 15) is 4.79 Å². The maximum Gasteiger partial charge on any atom is 0.317 e. The van der Waals surface area contributed by atoms with Crippen LogP contribution in [-0.2, 0) is 4.79 Å². The largest absolute Gasteiger partial charge is 0.480 e. The van der Waals surface area contributed by atoms with Gasteiger partial charge in [0, 0.05) is 12.6 Å². The van der Waals surface area contributed by atoms with Gasteiger partial charge in [-0.3, -0.25) is 9.69 Å². The third kappa shape index (κ3) is 5.74. The summed E-state index contributed by atoms with van der Waals surface area (Å²) >= 11 is 0. The molecule has 1 fully saturated rings. The van der Waals surface area contributed by atoms with Crippen LogP contribution in [0.4, 0.5) is 0 Å². The summed E-state index contributed by atoms with van der Waals surface area (Å²) in [6.07, 6.45) is 6.35. The molecule has 1 rings (SSSR count). The zero-order valence-electron chi connectivity index (χ0n) is 9.19. The quantitative estimate of drug-likeness (QED) is 0.565. The maximum atomic E-state index is 10.6. The lowest BCUT2D eigenvalue weighted by atomic mass is 10.2. The van der Waals surface area contributed by atoms with Crippen molar-refractivity contribution in [1.82, 2.24) is 4.90 Å². The molecule has 1 aliphatic rings. The first-order valence-electron chi connectivity index (χ1n) is 5.80. The number of aliphatic carboxylic acids is 1. The van der Waals surface area contributed by atoms with Gasteiger partial charge in [0.05, 0.1) is 6.54 Å². The van der Waals surface area contributed by atoms with Crippen LogP contribution in [0.5, 0.6) is 0 Å². The van der Waals surface area contributed by atoms with Gasteiger partial charge in [-0.25, -0.2) is 0 Å². The Bertz CT molecular complexity index is 192. The van der Waals surface area contributed by atoms with E-state index in [0.29, 0.717) is 6.04 Å². The van der Waals surface area contributed by atoms with E-state index in [4.69, 9.17) is 10.2 Å². The minimum absolute atomic E-state index is 0.185. The number of hydrogen-bond acceptors (Lipinski definition) is 3. The molecular weight excluding hydrogens is 194 g/mol. The average molecular weight is 215 g/mol. The molecule has 0 atom stereocenters. The van der Waals surface area contributed by atoms with Gasteiger partial charge in [0.15, 0.2) is 0 Å². The first-order valence-corrected chi connectivity index (χ1v) is 5.80. The highest BCUT2D eigenvalue weighted by Gasteiger charge is 2.29. The summed E-state index contributed by atoms with van der Waals surface area (Å²) in [5.74, 6) is -0.725. The number of carbonyl (C=O) groups is 1. The van der Waals surface area contributed by atoms with Crippen molar-refractivity contribution in [3.63, 3.8) is 0 Å². The summed E-state index contributed by atoms with van der Waals surface area (Å²) in [6, 6.07) is 0.527. The van der Waals surface area contributed by atoms with Crippen molar-refractivity contribution in [3.05, 3.63) is 0 Å². The van der Waals surface area contributed by atoms with Gasteiger partial charge in [0.1, 0.15) is 0 Å². The zero-order chi connectivity index (χ0) is 11.1. The summed E-state index contributed by atoms with van der Waals surface area (Å²) in [6.45, 7) is 1.34. The van der Waals surface area contributed by atoms with Gasteiger partial charge >= 0.3 is 5.97 Å². The second kappa shape index (κ2) is 6.80. The zero-order valence-corrected chi connectivity index (χ0v) is 9.19. The molecule has 0 unspecified atom stereocenters. The van der Waals surface area contributed by atoms with Crippen LogP contribution in [0.1, 0.15) is 38.5 Å². The van der Waals surface area contributed by atoms with E-state index in [1.165, 1.54) is 0 Å². The van der Waals surface area contributed by atoms with Crippen molar-refractivity contribution in [2.24, 2.45) is 0 Å². The summed E-state index contributed by atoms with van der Waals surface area (Å²) in [4.78, 5) is 12.7. The first kappa shape index (κ1) is 12.5. The molecular formula is C11H21NO3. The summed E-state index contributed by atoms with van der Waals surface area (Å²) < 4.78 is 0. The van der Waals surface area contributed by atoms with Crippen molar-refractivity contribution >= 4 is 5.97 Å². The van der Waals surface area contributed by atoms with Crippen LogP contribution in [0.15, 0.2) is 0 Å². The third-order valence-corrected chi connectivity index (χ3v) is 2.76. The number of hydrogen-bond donors (Lipinski definition) is 2. The predicted molar refractivity (Wildman–Crippen MR) is 57.8 cm³/mol. The average Bonchev–Trinajstić information content (AvgIpc) is 2.98. The van der Waals surface area contributed by atoms with E-state index < -0.39 is 5.97 Å². The SMILES string of the molecule is O=C(O)CN(CCCCCCO)C1CC1. The normalized spacial score (nSPS) is 15.9. The molecule has 4 heteroatoms. The molecule has 4 nitrogen and oxygen atoms in total. The van der Waals surface area contributed by atoms with Crippen molar-refractivity contribution < 1.29 is 15.0 Å². The smallest absolute Gasteiger partial charge is 0.317 e. The maximum absolute atomic E-state index is 10.6. The summed E-state index contributed by atoms with van der Waals surface area (Å²) in [7, 11) is 0. The topological polar surface area (TPSA) is 60.8 Å². The molecule has 88 valence electrons. The Hall–Kier alpha value is -0.610. The van der Waals surface area contributed by atoms with Crippen LogP contribution in [-0.4, -0.2) is 46.8 Å². The molecule has 0 radical (unpaired) electrons. The van der Waals surface area contributed by atoms with Crippen LogP contribution in [0.2, 0.25) is 0 Å². The van der Waals surface area contributed by atoms with Gasteiger partial charge in [0.2, 0.25) is 0 Å². The lowest BCUT2D eigenvalue weighted by Gasteiger charge is -2.19. The molecule has 0 aromatic carbocycles. The Kier molecular flexibility index (Phi) is 5.65. The molecule has 0 saturated heterocycles. The molecule has 0 amide bonds. The number of carboxylic acids is 1. The van der Waals surface area contributed by atoms with Crippen molar-refractivity contribution in [2.75, 3.05) is 19.7 Å². The van der Waals surface area contributed by atoms with Crippen molar-refractivity contribution in [3.8, 4) is 0 Å². The molecule has 0 aliphatic heterocycles. The Morgan fingerprint density at radius 2 is 1.87 bits per heavy atom. The Labute approximate surface area is 90.9 Å². The lowest BCUT2D eigenvalue weighted by Crippen LogP contribution is -2.32. The van der Waals surface area contributed by atoms with Gasteiger partial charge in [-0.1, -0.05) is 12.8 Å². The number of aliphatic hydroxyl groups is 1. The molecule has 15 heavy (non-hydrogen) atoms. The highest BCUT2D eigenvalue weighted by atomic mass is 16.4. The predicted octanol–water partition coefficient (Wildman–Crippen LogP) is 1.09. The molecule has 1 saturated carbocycles. The van der Waals surface area contributed by atoms with E-state index in [-0.39, 0.29) is 13.2 Å². The second-order valence-corrected chi connectivity index (χ2v) is 4.23. The lowest BCUT2D eigenvalue weighted by molar-refractivity contribution is -0.138. The van der Waals surface area contributed by atoms with Crippen LogP contribution >= 0.6 is 0 Å². The molecule has 1 aliphatic carbocycles. The Balaban J connectivity index is 2.06. The van der Waals surface area contributed by atoms with E-state index in [1.54, 1.807) is 0 Å². The highest BCUT2D eigenvalue weighted by molar-refractivity contribution is 5.69. The molecule has 2 N–H and O–H groups in total. The summed E-state index contributed by atoms with van der Waals surface area (Å²) in [5, 5.41) is 17.3. The van der Waals surface area contributed by atoms with E-state index in [0.717, 1.165) is 45.1 Å². The van der Waals surface area contributed by atoms with Crippen molar-refractivity contribution in [2.45, 2.75) is 44.6 Å². The highest BCUT2D eigenvalue weighted by Crippen LogP contribution is 2.26. The third-order valence-electron chi connectivity index (χ3n) is 2.76. The van der Waals surface area contributed by atoms with Gasteiger partial charge in [-0.2, -0.15) is 0 Å². The van der Waals surface area contributed by atoms with E-state index in [2.05, 4.69) is 4.90 Å². The molecule has 0 aromatic rings. The Morgan fingerprint density at radius 1 is 1.20 bits per heavy atom. The van der Waals surface area contributed by atoms with Crippen molar-refractivity contribution in [1.29, 1.82) is 0 Å². The van der Waals surface area contributed by atoms with Crippen LogP contribution in [0, 0.1) is 0 Å². The van der Waals surface area contributed by atoms with Crippen LogP contribution < -0.4 is 0 Å². The molecule has 0 bridgehead atoms. The van der Waals surface area contributed by atoms with Gasteiger partial charge in [-0.05, 0) is 32.2 Å². The summed E-state index contributed by atoms with van der Waals surface area (Å²) in [5.41, 5.74) is 0. The monoisotopic (exact) mass is 215 g/mol. The standard InChI is InChI=1S/C11H21NO3/c13-8-4-2-1-3-7-12(9-11(14)15)10-5-6-10/h10,13H,1-9H2,(H,14,15). The number of unbranched alkanes of at least 4 members (excludes halogenated alkanes) is 3. The Morgan fingerprint density at radius 3 is 2.40 bits per heavy atom. The minimum atomic E-state index is -0.725. The van der Waals surface area contributed by atoms with Crippen LogP contribution in [0.3, 0.4) is 0 Å². The first-order chi connectivity index (χ1) is 7.24. The second-order valence-electron chi connectivity index (χ2n) is 4.23. The fraction of sp³-hybridized carbons (Fsp3) is 0.909. The fourth-order valence-corrected chi connectivity index (χ4v) is 1.78. The number of aliphatic hydroxyl groups excluding tert-OH is 1. The van der Waals surface area contributed by atoms with E-state index in [1.807, 2.05) is 0 Å². The molecule has 0 spiro atoms. The molecule has 0 heterocycles. The molecule has 0 aromatic heterocycles. The number of rotatable bonds is 9. The van der Waals surface area contributed by atoms with Gasteiger partial charge in [0.25, 0.3) is 0 Å². The number of nitrogens with zero attached hydrogens (tertiary/aromatic N) is 1. The van der Waals surface area contributed by atoms with Crippen LogP contribution in [0.25, 0.3) is 0 Å². The fourth-order valence-electron chi connectivity index (χ4n) is 1.78. The number of carboxylic acid groups (broad SMARTS) is 1. The minimum Gasteiger partial charge on any atom is -0.480 e. The van der Waals surface area contributed by atoms with E-state index >= 15 is 0 Å².